The number of carboxylic acid groups (broad SMARTS) is 1. The second kappa shape index (κ2) is 7.48. The number of rotatable bonds is 7. The number of aliphatic carboxylic acids is 1. The van der Waals surface area contributed by atoms with Crippen molar-refractivity contribution in [2.45, 2.75) is 26.2 Å². The van der Waals surface area contributed by atoms with Crippen LogP contribution in [-0.4, -0.2) is 17.7 Å². The Morgan fingerprint density at radius 2 is 2.22 bits per heavy atom. The van der Waals surface area contributed by atoms with E-state index in [0.29, 0.717) is 12.2 Å². The first-order valence-electron chi connectivity index (χ1n) is 5.97. The topological polar surface area (TPSA) is 46.5 Å². The van der Waals surface area contributed by atoms with Gasteiger partial charge in [0.2, 0.25) is 0 Å². The number of halogens is 1. The second-order valence-corrected chi connectivity index (χ2v) is 3.92. The number of ether oxygens (including phenoxy) is 1. The van der Waals surface area contributed by atoms with Crippen LogP contribution in [0.15, 0.2) is 24.3 Å². The minimum atomic E-state index is -1.06. The first-order valence-corrected chi connectivity index (χ1v) is 5.97. The first-order chi connectivity index (χ1) is 8.63. The Bertz CT molecular complexity index is 427. The predicted octanol–water partition coefficient (Wildman–Crippen LogP) is 3.49. The number of carboxylic acids is 1. The summed E-state index contributed by atoms with van der Waals surface area (Å²) in [5.41, 5.74) is 0.496. The van der Waals surface area contributed by atoms with E-state index in [2.05, 4.69) is 6.92 Å². The highest BCUT2D eigenvalue weighted by Crippen LogP contribution is 2.19. The van der Waals surface area contributed by atoms with Crippen LogP contribution in [0.1, 0.15) is 31.7 Å². The molecule has 4 heteroatoms. The summed E-state index contributed by atoms with van der Waals surface area (Å²) < 4.78 is 18.9. The molecular formula is C14H17FO3. The van der Waals surface area contributed by atoms with Gasteiger partial charge in [-0.25, -0.2) is 9.18 Å². The molecule has 0 aliphatic heterocycles. The quantitative estimate of drug-likeness (QED) is 0.597. The van der Waals surface area contributed by atoms with Crippen molar-refractivity contribution in [1.29, 1.82) is 0 Å². The highest BCUT2D eigenvalue weighted by atomic mass is 19.1. The van der Waals surface area contributed by atoms with Crippen molar-refractivity contribution in [1.82, 2.24) is 0 Å². The standard InChI is InChI=1S/C14H17FO3/c1-2-3-4-9-18-13-7-5-11(10-12(13)15)6-8-14(16)17/h5-8,10H,2-4,9H2,1H3,(H,16,17)/b8-6+. The summed E-state index contributed by atoms with van der Waals surface area (Å²) in [5, 5.41) is 8.46. The van der Waals surface area contributed by atoms with Crippen molar-refractivity contribution in [3.63, 3.8) is 0 Å². The molecule has 0 radical (unpaired) electrons. The zero-order valence-corrected chi connectivity index (χ0v) is 10.4. The third-order valence-electron chi connectivity index (χ3n) is 2.38. The number of hydrogen-bond donors (Lipinski definition) is 1. The van der Waals surface area contributed by atoms with E-state index in [-0.39, 0.29) is 5.75 Å². The van der Waals surface area contributed by atoms with Gasteiger partial charge in [-0.05, 0) is 30.2 Å². The third kappa shape index (κ3) is 4.99. The van der Waals surface area contributed by atoms with E-state index >= 15 is 0 Å². The number of carbonyl (C=O) groups is 1. The lowest BCUT2D eigenvalue weighted by molar-refractivity contribution is -0.131. The molecule has 1 N–H and O–H groups in total. The van der Waals surface area contributed by atoms with Gasteiger partial charge in [-0.2, -0.15) is 0 Å². The van der Waals surface area contributed by atoms with Crippen molar-refractivity contribution < 1.29 is 19.0 Å². The van der Waals surface area contributed by atoms with Crippen molar-refractivity contribution in [2.24, 2.45) is 0 Å². The molecule has 3 nitrogen and oxygen atoms in total. The minimum absolute atomic E-state index is 0.207. The summed E-state index contributed by atoms with van der Waals surface area (Å²) in [6.45, 7) is 2.58. The molecule has 0 atom stereocenters. The summed E-state index contributed by atoms with van der Waals surface area (Å²) in [6.07, 6.45) is 5.35. The van der Waals surface area contributed by atoms with E-state index in [1.165, 1.54) is 18.2 Å². The first kappa shape index (κ1) is 14.2. The third-order valence-corrected chi connectivity index (χ3v) is 2.38. The summed E-state index contributed by atoms with van der Waals surface area (Å²) in [7, 11) is 0. The Morgan fingerprint density at radius 1 is 1.44 bits per heavy atom. The van der Waals surface area contributed by atoms with E-state index in [0.717, 1.165) is 25.3 Å². The van der Waals surface area contributed by atoms with E-state index in [9.17, 15) is 9.18 Å². The van der Waals surface area contributed by atoms with Crippen molar-refractivity contribution in [2.75, 3.05) is 6.61 Å². The molecule has 1 aromatic carbocycles. The molecule has 0 aromatic heterocycles. The molecule has 0 unspecified atom stereocenters. The molecule has 98 valence electrons. The molecule has 18 heavy (non-hydrogen) atoms. The van der Waals surface area contributed by atoms with Gasteiger partial charge in [-0.3, -0.25) is 0 Å². The Kier molecular flexibility index (Phi) is 5.91. The number of benzene rings is 1. The fourth-order valence-electron chi connectivity index (χ4n) is 1.44. The van der Waals surface area contributed by atoms with Gasteiger partial charge in [0.15, 0.2) is 11.6 Å². The van der Waals surface area contributed by atoms with Crippen LogP contribution >= 0.6 is 0 Å². The minimum Gasteiger partial charge on any atom is -0.491 e. The van der Waals surface area contributed by atoms with Crippen LogP contribution in [-0.2, 0) is 4.79 Å². The lowest BCUT2D eigenvalue weighted by atomic mass is 10.2. The average molecular weight is 252 g/mol. The molecule has 0 aliphatic carbocycles. The van der Waals surface area contributed by atoms with Gasteiger partial charge < -0.3 is 9.84 Å². The van der Waals surface area contributed by atoms with Gasteiger partial charge in [0, 0.05) is 6.08 Å². The molecule has 0 bridgehead atoms. The molecule has 0 amide bonds. The Hall–Kier alpha value is -1.84. The van der Waals surface area contributed by atoms with Crippen molar-refractivity contribution in [3.8, 4) is 5.75 Å². The van der Waals surface area contributed by atoms with Gasteiger partial charge in [0.1, 0.15) is 0 Å². The number of hydrogen-bond acceptors (Lipinski definition) is 2. The maximum absolute atomic E-state index is 13.6. The van der Waals surface area contributed by atoms with Gasteiger partial charge in [0.05, 0.1) is 6.61 Å². The molecule has 0 spiro atoms. The molecule has 1 aromatic rings. The Morgan fingerprint density at radius 3 is 2.83 bits per heavy atom. The normalized spacial score (nSPS) is 10.8. The Balaban J connectivity index is 2.59. The van der Waals surface area contributed by atoms with E-state index in [1.807, 2.05) is 0 Å². The highest BCUT2D eigenvalue weighted by molar-refractivity contribution is 5.85. The fourth-order valence-corrected chi connectivity index (χ4v) is 1.44. The SMILES string of the molecule is CCCCCOc1ccc(/C=C/C(=O)O)cc1F. The zero-order chi connectivity index (χ0) is 13.4. The van der Waals surface area contributed by atoms with Crippen LogP contribution in [0.5, 0.6) is 5.75 Å². The molecule has 1 rings (SSSR count). The van der Waals surface area contributed by atoms with Crippen LogP contribution in [0.2, 0.25) is 0 Å². The maximum Gasteiger partial charge on any atom is 0.328 e. The van der Waals surface area contributed by atoms with Crippen LogP contribution in [0.25, 0.3) is 6.08 Å². The summed E-state index contributed by atoms with van der Waals surface area (Å²) >= 11 is 0. The summed E-state index contributed by atoms with van der Waals surface area (Å²) in [5.74, 6) is -1.33. The molecule has 0 saturated heterocycles. The molecular weight excluding hydrogens is 235 g/mol. The van der Waals surface area contributed by atoms with Gasteiger partial charge in [-0.15, -0.1) is 0 Å². The highest BCUT2D eigenvalue weighted by Gasteiger charge is 2.03. The van der Waals surface area contributed by atoms with E-state index in [4.69, 9.17) is 9.84 Å². The molecule has 0 aliphatic rings. The lowest BCUT2D eigenvalue weighted by Gasteiger charge is -2.07. The fraction of sp³-hybridized carbons (Fsp3) is 0.357. The lowest BCUT2D eigenvalue weighted by Crippen LogP contribution is -1.99. The summed E-state index contributed by atoms with van der Waals surface area (Å²) in [4.78, 5) is 10.3. The van der Waals surface area contributed by atoms with Crippen LogP contribution < -0.4 is 4.74 Å². The smallest absolute Gasteiger partial charge is 0.328 e. The number of unbranched alkanes of at least 4 members (excludes halogenated alkanes) is 2. The van der Waals surface area contributed by atoms with Crippen LogP contribution in [0.3, 0.4) is 0 Å². The van der Waals surface area contributed by atoms with E-state index in [1.54, 1.807) is 6.07 Å². The molecule has 0 fully saturated rings. The molecule has 0 heterocycles. The van der Waals surface area contributed by atoms with Gasteiger partial charge in [-0.1, -0.05) is 25.8 Å². The predicted molar refractivity (Wildman–Crippen MR) is 68.1 cm³/mol. The van der Waals surface area contributed by atoms with E-state index < -0.39 is 11.8 Å². The Labute approximate surface area is 106 Å². The van der Waals surface area contributed by atoms with Crippen LogP contribution in [0.4, 0.5) is 4.39 Å². The van der Waals surface area contributed by atoms with Gasteiger partial charge in [0.25, 0.3) is 0 Å². The molecule has 0 saturated carbocycles. The second-order valence-electron chi connectivity index (χ2n) is 3.92. The zero-order valence-electron chi connectivity index (χ0n) is 10.4. The monoisotopic (exact) mass is 252 g/mol. The maximum atomic E-state index is 13.6. The van der Waals surface area contributed by atoms with Gasteiger partial charge >= 0.3 is 5.97 Å². The summed E-state index contributed by atoms with van der Waals surface area (Å²) in [6, 6.07) is 4.40. The average Bonchev–Trinajstić information content (AvgIpc) is 2.34. The van der Waals surface area contributed by atoms with Crippen molar-refractivity contribution in [3.05, 3.63) is 35.7 Å². The largest absolute Gasteiger partial charge is 0.491 e. The van der Waals surface area contributed by atoms with Crippen molar-refractivity contribution >= 4 is 12.0 Å². The van der Waals surface area contributed by atoms with Crippen LogP contribution in [0, 0.1) is 5.82 Å².